The molecule has 0 atom stereocenters. The van der Waals surface area contributed by atoms with Crippen LogP contribution in [0.15, 0.2) is 22.7 Å². The summed E-state index contributed by atoms with van der Waals surface area (Å²) in [5.41, 5.74) is 0.276. The van der Waals surface area contributed by atoms with Crippen LogP contribution in [0.5, 0.6) is 0 Å². The number of carbonyl (C=O) groups is 3. The van der Waals surface area contributed by atoms with Gasteiger partial charge < -0.3 is 0 Å². The molecule has 0 unspecified atom stereocenters. The number of anilines is 1. The number of halogens is 2. The third-order valence-electron chi connectivity index (χ3n) is 1.97. The first kappa shape index (κ1) is 11.1. The Balaban J connectivity index is 2.48. The molecule has 1 aliphatic heterocycles. The zero-order valence-electron chi connectivity index (χ0n) is 7.66. The van der Waals surface area contributed by atoms with Gasteiger partial charge in [-0.25, -0.2) is 9.69 Å². The highest BCUT2D eigenvalue weighted by Gasteiger charge is 2.38. The van der Waals surface area contributed by atoms with Gasteiger partial charge in [0.25, 0.3) is 0 Å². The lowest BCUT2D eigenvalue weighted by atomic mass is 10.3. The van der Waals surface area contributed by atoms with E-state index in [9.17, 15) is 14.4 Å². The molecule has 1 heterocycles. The lowest BCUT2D eigenvalue weighted by molar-refractivity contribution is -0.134. The van der Waals surface area contributed by atoms with E-state index < -0.39 is 17.8 Å². The highest BCUT2D eigenvalue weighted by atomic mass is 79.9. The molecule has 1 fully saturated rings. The molecular weight excluding hydrogens is 299 g/mol. The van der Waals surface area contributed by atoms with Crippen LogP contribution in [-0.2, 0) is 9.59 Å². The van der Waals surface area contributed by atoms with E-state index in [0.717, 1.165) is 4.90 Å². The second-order valence-corrected chi connectivity index (χ2v) is 4.29. The summed E-state index contributed by atoms with van der Waals surface area (Å²) in [5.74, 6) is -1.85. The molecule has 5 nitrogen and oxygen atoms in total. The van der Waals surface area contributed by atoms with Crippen LogP contribution >= 0.6 is 27.5 Å². The van der Waals surface area contributed by atoms with Gasteiger partial charge in [0, 0.05) is 9.50 Å². The van der Waals surface area contributed by atoms with E-state index in [-0.39, 0.29) is 5.69 Å². The van der Waals surface area contributed by atoms with Gasteiger partial charge in [-0.15, -0.1) is 0 Å². The van der Waals surface area contributed by atoms with Gasteiger partial charge in [-0.2, -0.15) is 0 Å². The fraction of sp³-hybridized carbons (Fsp3) is 0. The van der Waals surface area contributed by atoms with Crippen molar-refractivity contribution in [3.63, 3.8) is 0 Å². The monoisotopic (exact) mass is 302 g/mol. The fourth-order valence-corrected chi connectivity index (χ4v) is 2.14. The Bertz CT molecular complexity index is 517. The molecular formula is C9H4BrClN2O3. The number of nitrogens with zero attached hydrogens (tertiary/aromatic N) is 1. The Morgan fingerprint density at radius 2 is 1.94 bits per heavy atom. The van der Waals surface area contributed by atoms with Crippen LogP contribution in [0.25, 0.3) is 0 Å². The lowest BCUT2D eigenvalue weighted by Crippen LogP contribution is -2.31. The van der Waals surface area contributed by atoms with Crippen molar-refractivity contribution in [1.82, 2.24) is 5.32 Å². The Hall–Kier alpha value is -1.40. The number of benzene rings is 1. The van der Waals surface area contributed by atoms with Gasteiger partial charge in [0.1, 0.15) is 0 Å². The molecule has 0 saturated carbocycles. The topological polar surface area (TPSA) is 66.5 Å². The molecule has 0 radical (unpaired) electrons. The molecule has 1 aromatic rings. The molecule has 0 aliphatic carbocycles. The summed E-state index contributed by atoms with van der Waals surface area (Å²) in [7, 11) is 0. The van der Waals surface area contributed by atoms with Crippen molar-refractivity contribution in [1.29, 1.82) is 0 Å². The third kappa shape index (κ3) is 1.70. The van der Waals surface area contributed by atoms with E-state index in [1.807, 2.05) is 5.32 Å². The fourth-order valence-electron chi connectivity index (χ4n) is 1.28. The minimum absolute atomic E-state index is 0.276. The first-order valence-electron chi connectivity index (χ1n) is 4.15. The Labute approximate surface area is 103 Å². The second-order valence-electron chi connectivity index (χ2n) is 3.00. The van der Waals surface area contributed by atoms with Gasteiger partial charge in [0.05, 0.1) is 5.69 Å². The standard InChI is InChI=1S/C9H4BrClN2O3/c10-5-3-4(11)1-2-6(5)13-8(15)7(14)12-9(13)16/h1-3H,(H,12,14,16). The predicted octanol–water partition coefficient (Wildman–Crippen LogP) is 1.69. The average Bonchev–Trinajstić information content (AvgIpc) is 2.43. The van der Waals surface area contributed by atoms with Crippen LogP contribution in [0.1, 0.15) is 0 Å². The quantitative estimate of drug-likeness (QED) is 0.634. The van der Waals surface area contributed by atoms with Crippen molar-refractivity contribution < 1.29 is 14.4 Å². The molecule has 1 N–H and O–H groups in total. The predicted molar refractivity (Wildman–Crippen MR) is 60.2 cm³/mol. The van der Waals surface area contributed by atoms with Crippen LogP contribution in [0, 0.1) is 0 Å². The average molecular weight is 303 g/mol. The highest BCUT2D eigenvalue weighted by molar-refractivity contribution is 9.10. The van der Waals surface area contributed by atoms with E-state index in [4.69, 9.17) is 11.6 Å². The van der Waals surface area contributed by atoms with Gasteiger partial charge in [0.15, 0.2) is 0 Å². The van der Waals surface area contributed by atoms with Gasteiger partial charge in [-0.1, -0.05) is 11.6 Å². The number of hydrogen-bond acceptors (Lipinski definition) is 3. The molecule has 82 valence electrons. The number of carbonyl (C=O) groups excluding carboxylic acids is 3. The van der Waals surface area contributed by atoms with Crippen LogP contribution < -0.4 is 10.2 Å². The first-order valence-corrected chi connectivity index (χ1v) is 5.32. The third-order valence-corrected chi connectivity index (χ3v) is 2.84. The molecule has 4 amide bonds. The number of nitrogens with one attached hydrogen (secondary N) is 1. The van der Waals surface area contributed by atoms with Crippen molar-refractivity contribution in [3.8, 4) is 0 Å². The van der Waals surface area contributed by atoms with Crippen LogP contribution in [-0.4, -0.2) is 17.8 Å². The van der Waals surface area contributed by atoms with E-state index in [2.05, 4.69) is 15.9 Å². The summed E-state index contributed by atoms with van der Waals surface area (Å²) < 4.78 is 0.457. The number of imide groups is 2. The zero-order chi connectivity index (χ0) is 11.9. The summed E-state index contributed by atoms with van der Waals surface area (Å²) in [4.78, 5) is 34.5. The van der Waals surface area contributed by atoms with E-state index >= 15 is 0 Å². The maximum Gasteiger partial charge on any atom is 0.336 e. The number of amides is 4. The number of hydrogen-bond donors (Lipinski definition) is 1. The minimum atomic E-state index is -0.938. The molecule has 2 rings (SSSR count). The SMILES string of the molecule is O=C1NC(=O)N(c2ccc(Cl)cc2Br)C1=O. The van der Waals surface area contributed by atoms with Crippen LogP contribution in [0.3, 0.4) is 0 Å². The van der Waals surface area contributed by atoms with Gasteiger partial charge in [0.2, 0.25) is 0 Å². The summed E-state index contributed by atoms with van der Waals surface area (Å²) in [5, 5.41) is 2.35. The largest absolute Gasteiger partial charge is 0.336 e. The van der Waals surface area contributed by atoms with Crippen LogP contribution in [0.4, 0.5) is 10.5 Å². The van der Waals surface area contributed by atoms with Gasteiger partial charge in [-0.3, -0.25) is 14.9 Å². The molecule has 1 aliphatic rings. The van der Waals surface area contributed by atoms with E-state index in [1.165, 1.54) is 18.2 Å². The molecule has 16 heavy (non-hydrogen) atoms. The van der Waals surface area contributed by atoms with E-state index in [1.54, 1.807) is 0 Å². The molecule has 7 heteroatoms. The molecule has 0 bridgehead atoms. The molecule has 0 spiro atoms. The number of urea groups is 1. The van der Waals surface area contributed by atoms with Gasteiger partial charge in [-0.05, 0) is 34.1 Å². The van der Waals surface area contributed by atoms with Crippen molar-refractivity contribution in [2.75, 3.05) is 4.90 Å². The summed E-state index contributed by atoms with van der Waals surface area (Å²) in [6.07, 6.45) is 0. The molecule has 1 saturated heterocycles. The maximum absolute atomic E-state index is 11.4. The lowest BCUT2D eigenvalue weighted by Gasteiger charge is -2.13. The smallest absolute Gasteiger partial charge is 0.269 e. The minimum Gasteiger partial charge on any atom is -0.269 e. The Kier molecular flexibility index (Phi) is 2.69. The second kappa shape index (κ2) is 3.88. The summed E-state index contributed by atoms with van der Waals surface area (Å²) in [6.45, 7) is 0. The van der Waals surface area contributed by atoms with Crippen molar-refractivity contribution in [2.45, 2.75) is 0 Å². The van der Waals surface area contributed by atoms with Crippen molar-refractivity contribution in [2.24, 2.45) is 0 Å². The highest BCUT2D eigenvalue weighted by Crippen LogP contribution is 2.30. The summed E-state index contributed by atoms with van der Waals surface area (Å²) in [6, 6.07) is 3.76. The van der Waals surface area contributed by atoms with E-state index in [0.29, 0.717) is 9.50 Å². The normalized spacial score (nSPS) is 15.6. The Morgan fingerprint density at radius 3 is 2.44 bits per heavy atom. The zero-order valence-corrected chi connectivity index (χ0v) is 10.0. The first-order chi connectivity index (χ1) is 7.50. The Morgan fingerprint density at radius 1 is 1.25 bits per heavy atom. The van der Waals surface area contributed by atoms with Crippen molar-refractivity contribution >= 4 is 51.1 Å². The maximum atomic E-state index is 11.4. The van der Waals surface area contributed by atoms with Crippen molar-refractivity contribution in [3.05, 3.63) is 27.7 Å². The number of rotatable bonds is 1. The molecule has 0 aromatic heterocycles. The van der Waals surface area contributed by atoms with Crippen LogP contribution in [0.2, 0.25) is 5.02 Å². The van der Waals surface area contributed by atoms with Gasteiger partial charge >= 0.3 is 17.8 Å². The molecule has 1 aromatic carbocycles. The summed E-state index contributed by atoms with van der Waals surface area (Å²) >= 11 is 8.89.